The SMILES string of the molecule is Cc1cc(F)c(CS(=O)(=O)Cl)cc1Cl. The number of rotatable bonds is 2. The van der Waals surface area contributed by atoms with Crippen molar-refractivity contribution in [2.24, 2.45) is 0 Å². The van der Waals surface area contributed by atoms with E-state index in [1.807, 2.05) is 0 Å². The molecule has 0 saturated heterocycles. The van der Waals surface area contributed by atoms with Crippen molar-refractivity contribution >= 4 is 31.3 Å². The molecule has 0 aliphatic heterocycles. The minimum absolute atomic E-state index is 0.0180. The molecule has 1 rings (SSSR count). The third kappa shape index (κ3) is 3.12. The first-order valence-electron chi connectivity index (χ1n) is 3.66. The second-order valence-electron chi connectivity index (χ2n) is 2.88. The molecule has 0 aliphatic rings. The van der Waals surface area contributed by atoms with Crippen molar-refractivity contribution in [3.63, 3.8) is 0 Å². The smallest absolute Gasteiger partial charge is 0.212 e. The largest absolute Gasteiger partial charge is 0.236 e. The van der Waals surface area contributed by atoms with Crippen LogP contribution in [0.4, 0.5) is 4.39 Å². The molecular weight excluding hydrogens is 250 g/mol. The van der Waals surface area contributed by atoms with Crippen molar-refractivity contribution < 1.29 is 12.8 Å². The Labute approximate surface area is 91.1 Å². The van der Waals surface area contributed by atoms with E-state index in [0.717, 1.165) is 0 Å². The fraction of sp³-hybridized carbons (Fsp3) is 0.250. The lowest BCUT2D eigenvalue weighted by atomic mass is 10.1. The van der Waals surface area contributed by atoms with E-state index in [1.165, 1.54) is 12.1 Å². The third-order valence-electron chi connectivity index (χ3n) is 1.66. The highest BCUT2D eigenvalue weighted by atomic mass is 35.7. The van der Waals surface area contributed by atoms with Gasteiger partial charge in [-0.15, -0.1) is 0 Å². The van der Waals surface area contributed by atoms with Gasteiger partial charge in [-0.3, -0.25) is 0 Å². The van der Waals surface area contributed by atoms with E-state index >= 15 is 0 Å². The minimum atomic E-state index is -3.76. The van der Waals surface area contributed by atoms with E-state index in [1.54, 1.807) is 6.92 Å². The van der Waals surface area contributed by atoms with Gasteiger partial charge < -0.3 is 0 Å². The van der Waals surface area contributed by atoms with Crippen LogP contribution in [0.1, 0.15) is 11.1 Å². The Morgan fingerprint density at radius 3 is 2.50 bits per heavy atom. The molecule has 0 radical (unpaired) electrons. The van der Waals surface area contributed by atoms with E-state index < -0.39 is 20.6 Å². The van der Waals surface area contributed by atoms with Gasteiger partial charge in [-0.1, -0.05) is 11.6 Å². The number of aryl methyl sites for hydroxylation is 1. The van der Waals surface area contributed by atoms with Gasteiger partial charge in [-0.25, -0.2) is 12.8 Å². The summed E-state index contributed by atoms with van der Waals surface area (Å²) in [5, 5.41) is 0.321. The fourth-order valence-corrected chi connectivity index (χ4v) is 2.12. The molecule has 0 unspecified atom stereocenters. The summed E-state index contributed by atoms with van der Waals surface area (Å²) in [4.78, 5) is 0. The van der Waals surface area contributed by atoms with E-state index in [9.17, 15) is 12.8 Å². The molecule has 1 aromatic rings. The summed E-state index contributed by atoms with van der Waals surface area (Å²) in [5.74, 6) is -1.17. The van der Waals surface area contributed by atoms with Gasteiger partial charge in [0.25, 0.3) is 0 Å². The van der Waals surface area contributed by atoms with Crippen molar-refractivity contribution in [2.45, 2.75) is 12.7 Å². The van der Waals surface area contributed by atoms with Crippen molar-refractivity contribution in [1.82, 2.24) is 0 Å². The van der Waals surface area contributed by atoms with Crippen LogP contribution < -0.4 is 0 Å². The zero-order valence-corrected chi connectivity index (χ0v) is 9.55. The molecule has 0 atom stereocenters. The van der Waals surface area contributed by atoms with Crippen LogP contribution in [0.25, 0.3) is 0 Å². The number of hydrogen-bond donors (Lipinski definition) is 0. The van der Waals surface area contributed by atoms with Crippen molar-refractivity contribution in [3.8, 4) is 0 Å². The second kappa shape index (κ2) is 4.04. The highest BCUT2D eigenvalue weighted by Gasteiger charge is 2.13. The monoisotopic (exact) mass is 256 g/mol. The third-order valence-corrected chi connectivity index (χ3v) is 3.05. The number of halogens is 3. The van der Waals surface area contributed by atoms with Crippen LogP contribution in [0.5, 0.6) is 0 Å². The number of benzene rings is 1. The first kappa shape index (κ1) is 11.8. The van der Waals surface area contributed by atoms with Crippen LogP contribution in [0.2, 0.25) is 5.02 Å². The standard InChI is InChI=1S/C8H7Cl2FO2S/c1-5-2-8(11)6(3-7(5)9)4-14(10,12)13/h2-3H,4H2,1H3. The van der Waals surface area contributed by atoms with E-state index in [0.29, 0.717) is 10.6 Å². The molecule has 1 aromatic carbocycles. The number of hydrogen-bond acceptors (Lipinski definition) is 2. The molecule has 2 nitrogen and oxygen atoms in total. The molecule has 0 bridgehead atoms. The lowest BCUT2D eigenvalue weighted by molar-refractivity contribution is 0.597. The second-order valence-corrected chi connectivity index (χ2v) is 6.06. The Morgan fingerprint density at radius 1 is 1.43 bits per heavy atom. The Hall–Kier alpha value is -0.320. The predicted molar refractivity (Wildman–Crippen MR) is 54.6 cm³/mol. The van der Waals surface area contributed by atoms with Crippen molar-refractivity contribution in [2.75, 3.05) is 0 Å². The van der Waals surface area contributed by atoms with Crippen LogP contribution in [0.3, 0.4) is 0 Å². The summed E-state index contributed by atoms with van der Waals surface area (Å²) in [6.07, 6.45) is 0. The highest BCUT2D eigenvalue weighted by Crippen LogP contribution is 2.22. The molecule has 0 heterocycles. The summed E-state index contributed by atoms with van der Waals surface area (Å²) in [6.45, 7) is 1.63. The van der Waals surface area contributed by atoms with Crippen LogP contribution >= 0.6 is 22.3 Å². The first-order valence-corrected chi connectivity index (χ1v) is 6.52. The maximum atomic E-state index is 13.2. The lowest BCUT2D eigenvalue weighted by Crippen LogP contribution is -1.99. The molecule has 0 saturated carbocycles. The maximum absolute atomic E-state index is 13.2. The molecule has 0 fully saturated rings. The maximum Gasteiger partial charge on any atom is 0.236 e. The fourth-order valence-electron chi connectivity index (χ4n) is 0.984. The first-order chi connectivity index (χ1) is 6.29. The zero-order valence-electron chi connectivity index (χ0n) is 7.22. The molecule has 0 aliphatic carbocycles. The van der Waals surface area contributed by atoms with Gasteiger partial charge in [0.05, 0.1) is 5.75 Å². The van der Waals surface area contributed by atoms with Crippen LogP contribution in [0, 0.1) is 12.7 Å². The average molecular weight is 257 g/mol. The highest BCUT2D eigenvalue weighted by molar-refractivity contribution is 8.13. The molecule has 0 spiro atoms. The van der Waals surface area contributed by atoms with E-state index in [-0.39, 0.29) is 5.56 Å². The van der Waals surface area contributed by atoms with E-state index in [2.05, 4.69) is 0 Å². The molecule has 0 aromatic heterocycles. The molecular formula is C8H7Cl2FO2S. The normalized spacial score (nSPS) is 11.7. The van der Waals surface area contributed by atoms with Crippen molar-refractivity contribution in [1.29, 1.82) is 0 Å². The molecule has 0 N–H and O–H groups in total. The van der Waals surface area contributed by atoms with Gasteiger partial charge >= 0.3 is 0 Å². The van der Waals surface area contributed by atoms with Crippen molar-refractivity contribution in [3.05, 3.63) is 34.1 Å². The molecule has 14 heavy (non-hydrogen) atoms. The predicted octanol–water partition coefficient (Wildman–Crippen LogP) is 2.86. The Balaban J connectivity index is 3.17. The Bertz CT molecular complexity index is 457. The van der Waals surface area contributed by atoms with Gasteiger partial charge in [-0.05, 0) is 24.6 Å². The molecule has 78 valence electrons. The van der Waals surface area contributed by atoms with Gasteiger partial charge in [0.1, 0.15) is 5.82 Å². The minimum Gasteiger partial charge on any atom is -0.212 e. The summed E-state index contributed by atoms with van der Waals surface area (Å²) < 4.78 is 34.6. The average Bonchev–Trinajstić information content (AvgIpc) is 1.97. The van der Waals surface area contributed by atoms with E-state index in [4.69, 9.17) is 22.3 Å². The Kier molecular flexibility index (Phi) is 3.40. The van der Waals surface area contributed by atoms with Gasteiger partial charge in [-0.2, -0.15) is 0 Å². The summed E-state index contributed by atoms with van der Waals surface area (Å²) in [5.41, 5.74) is 0.537. The Morgan fingerprint density at radius 2 is 2.00 bits per heavy atom. The van der Waals surface area contributed by atoms with Crippen LogP contribution in [-0.2, 0) is 14.8 Å². The lowest BCUT2D eigenvalue weighted by Gasteiger charge is -2.03. The topological polar surface area (TPSA) is 34.1 Å². The molecule has 6 heteroatoms. The van der Waals surface area contributed by atoms with Crippen LogP contribution in [-0.4, -0.2) is 8.42 Å². The van der Waals surface area contributed by atoms with Gasteiger partial charge in [0.15, 0.2) is 0 Å². The van der Waals surface area contributed by atoms with Crippen LogP contribution in [0.15, 0.2) is 12.1 Å². The van der Waals surface area contributed by atoms with Gasteiger partial charge in [0, 0.05) is 21.3 Å². The van der Waals surface area contributed by atoms with Gasteiger partial charge in [0.2, 0.25) is 9.05 Å². The summed E-state index contributed by atoms with van der Waals surface area (Å²) >= 11 is 5.71. The molecule has 0 amide bonds. The zero-order chi connectivity index (χ0) is 10.9. The summed E-state index contributed by atoms with van der Waals surface area (Å²) in [6, 6.07) is 2.45. The quantitative estimate of drug-likeness (QED) is 0.763. The summed E-state index contributed by atoms with van der Waals surface area (Å²) in [7, 11) is 1.24.